The predicted octanol–water partition coefficient (Wildman–Crippen LogP) is 0.426. The Balaban J connectivity index is 3.50. The quantitative estimate of drug-likeness (QED) is 0.303. The number of nitriles is 2. The molecule has 0 rings (SSSR count). The Bertz CT molecular complexity index is 183. The van der Waals surface area contributed by atoms with Gasteiger partial charge in [0.15, 0.2) is 5.71 Å². The van der Waals surface area contributed by atoms with Gasteiger partial charge in [-0.3, -0.25) is 0 Å². The van der Waals surface area contributed by atoms with Crippen LogP contribution in [0.4, 0.5) is 0 Å². The van der Waals surface area contributed by atoms with E-state index in [9.17, 15) is 0 Å². The molecular weight excluding hydrogens is 118 g/mol. The highest BCUT2D eigenvalue weighted by molar-refractivity contribution is 5.95. The van der Waals surface area contributed by atoms with Crippen LogP contribution in [-0.4, -0.2) is 12.3 Å². The van der Waals surface area contributed by atoms with E-state index in [1.807, 2.05) is 0 Å². The van der Waals surface area contributed by atoms with Crippen LogP contribution in [0.2, 0.25) is 0 Å². The summed E-state index contributed by atoms with van der Waals surface area (Å²) in [5.41, 5.74) is 0.213. The second-order valence-corrected chi connectivity index (χ2v) is 1.22. The molecule has 0 heterocycles. The molecular formula is C5H5N3O. The van der Waals surface area contributed by atoms with Crippen LogP contribution < -0.4 is 0 Å². The average molecular weight is 123 g/mol. The van der Waals surface area contributed by atoms with E-state index in [0.717, 1.165) is 0 Å². The number of hydrogen-bond acceptors (Lipinski definition) is 4. The van der Waals surface area contributed by atoms with E-state index in [0.29, 0.717) is 0 Å². The summed E-state index contributed by atoms with van der Waals surface area (Å²) < 4.78 is 0. The maximum atomic E-state index is 8.09. The number of hydrogen-bond donors (Lipinski definition) is 0. The molecule has 0 unspecified atom stereocenters. The van der Waals surface area contributed by atoms with Gasteiger partial charge in [0.1, 0.15) is 12.1 Å². The van der Waals surface area contributed by atoms with Gasteiger partial charge >= 0.3 is 0 Å². The molecule has 0 amide bonds. The van der Waals surface area contributed by atoms with Crippen molar-refractivity contribution in [1.82, 2.24) is 0 Å². The molecule has 4 nitrogen and oxygen atoms in total. The molecule has 0 aliphatic carbocycles. The molecule has 0 aromatic carbocycles. The lowest BCUT2D eigenvalue weighted by atomic mass is 10.5. The first-order valence-corrected chi connectivity index (χ1v) is 2.25. The topological polar surface area (TPSA) is 69.2 Å². The fraction of sp³-hybridized carbons (Fsp3) is 0.400. The van der Waals surface area contributed by atoms with Gasteiger partial charge in [0.25, 0.3) is 0 Å². The highest BCUT2D eigenvalue weighted by atomic mass is 16.6. The van der Waals surface area contributed by atoms with E-state index in [1.165, 1.54) is 6.92 Å². The monoisotopic (exact) mass is 123 g/mol. The minimum atomic E-state index is -0.112. The molecule has 0 radical (unpaired) electrons. The zero-order chi connectivity index (χ0) is 7.11. The van der Waals surface area contributed by atoms with Gasteiger partial charge in [-0.05, 0) is 6.92 Å². The van der Waals surface area contributed by atoms with Crippen molar-refractivity contribution in [2.24, 2.45) is 5.16 Å². The lowest BCUT2D eigenvalue weighted by molar-refractivity contribution is 0.179. The average Bonchev–Trinajstić information content (AvgIpc) is 1.89. The third-order valence-electron chi connectivity index (χ3n) is 0.492. The standard InChI is InChI=1S/C5H5N3O/c1-5(4-7)8-9-3-2-6/h3H2,1H3/b8-5-. The summed E-state index contributed by atoms with van der Waals surface area (Å²) in [6.07, 6.45) is 0. The third kappa shape index (κ3) is 4.30. The second-order valence-electron chi connectivity index (χ2n) is 1.22. The molecule has 0 N–H and O–H groups in total. The highest BCUT2D eigenvalue weighted by Crippen LogP contribution is 1.76. The maximum absolute atomic E-state index is 8.09. The Morgan fingerprint density at radius 2 is 2.33 bits per heavy atom. The molecule has 0 bridgehead atoms. The van der Waals surface area contributed by atoms with Crippen LogP contribution in [0.15, 0.2) is 5.16 Å². The zero-order valence-corrected chi connectivity index (χ0v) is 4.96. The lowest BCUT2D eigenvalue weighted by Crippen LogP contribution is -1.88. The van der Waals surface area contributed by atoms with Crippen molar-refractivity contribution >= 4 is 5.71 Å². The summed E-state index contributed by atoms with van der Waals surface area (Å²) >= 11 is 0. The van der Waals surface area contributed by atoms with Crippen molar-refractivity contribution in [3.05, 3.63) is 0 Å². The molecule has 0 aliphatic heterocycles. The predicted molar refractivity (Wildman–Crippen MR) is 30.3 cm³/mol. The number of rotatable bonds is 2. The molecule has 0 aromatic heterocycles. The highest BCUT2D eigenvalue weighted by Gasteiger charge is 1.83. The Morgan fingerprint density at radius 3 is 2.78 bits per heavy atom. The van der Waals surface area contributed by atoms with Gasteiger partial charge in [-0.1, -0.05) is 5.16 Å². The van der Waals surface area contributed by atoms with Crippen LogP contribution >= 0.6 is 0 Å². The Kier molecular flexibility index (Phi) is 3.81. The van der Waals surface area contributed by atoms with E-state index in [1.54, 1.807) is 12.1 Å². The van der Waals surface area contributed by atoms with Gasteiger partial charge in [-0.25, -0.2) is 0 Å². The zero-order valence-electron chi connectivity index (χ0n) is 4.96. The van der Waals surface area contributed by atoms with Crippen LogP contribution in [0.25, 0.3) is 0 Å². The van der Waals surface area contributed by atoms with E-state index in [4.69, 9.17) is 10.5 Å². The number of oxime groups is 1. The molecule has 0 aromatic rings. The molecule has 0 fully saturated rings. The first-order valence-electron chi connectivity index (χ1n) is 2.25. The summed E-state index contributed by atoms with van der Waals surface area (Å²) in [6.45, 7) is 1.39. The van der Waals surface area contributed by atoms with Crippen molar-refractivity contribution < 1.29 is 4.84 Å². The summed E-state index contributed by atoms with van der Waals surface area (Å²) in [7, 11) is 0. The van der Waals surface area contributed by atoms with Gasteiger partial charge in [0.05, 0.1) is 0 Å². The van der Waals surface area contributed by atoms with Crippen LogP contribution in [-0.2, 0) is 4.84 Å². The Hall–Kier alpha value is -1.55. The van der Waals surface area contributed by atoms with Crippen LogP contribution in [0.3, 0.4) is 0 Å². The second kappa shape index (κ2) is 4.61. The van der Waals surface area contributed by atoms with Crippen molar-refractivity contribution in [2.75, 3.05) is 6.61 Å². The van der Waals surface area contributed by atoms with Crippen LogP contribution in [0.5, 0.6) is 0 Å². The molecule has 0 saturated heterocycles. The van der Waals surface area contributed by atoms with Crippen molar-refractivity contribution in [2.45, 2.75) is 6.92 Å². The molecule has 4 heteroatoms. The molecule has 9 heavy (non-hydrogen) atoms. The maximum Gasteiger partial charge on any atom is 0.202 e. The summed E-state index contributed by atoms with van der Waals surface area (Å²) in [6, 6.07) is 3.45. The van der Waals surface area contributed by atoms with E-state index < -0.39 is 0 Å². The van der Waals surface area contributed by atoms with Crippen molar-refractivity contribution in [1.29, 1.82) is 10.5 Å². The first-order chi connectivity index (χ1) is 4.31. The molecule has 0 saturated carbocycles. The Labute approximate surface area is 52.9 Å². The molecule has 46 valence electrons. The largest absolute Gasteiger partial charge is 0.380 e. The normalized spacial score (nSPS) is 9.44. The third-order valence-corrected chi connectivity index (χ3v) is 0.492. The molecule has 0 atom stereocenters. The smallest absolute Gasteiger partial charge is 0.202 e. The van der Waals surface area contributed by atoms with Gasteiger partial charge in [-0.15, -0.1) is 0 Å². The molecule has 0 aliphatic rings. The van der Waals surface area contributed by atoms with Gasteiger partial charge in [0.2, 0.25) is 6.61 Å². The minimum absolute atomic E-state index is 0.112. The van der Waals surface area contributed by atoms with Crippen molar-refractivity contribution in [3.8, 4) is 12.1 Å². The lowest BCUT2D eigenvalue weighted by Gasteiger charge is -1.86. The summed E-state index contributed by atoms with van der Waals surface area (Å²) in [5.74, 6) is 0. The Morgan fingerprint density at radius 1 is 1.67 bits per heavy atom. The van der Waals surface area contributed by atoms with E-state index >= 15 is 0 Å². The van der Waals surface area contributed by atoms with Gasteiger partial charge in [-0.2, -0.15) is 10.5 Å². The SMILES string of the molecule is C/C(C#N)=N/OCC#N. The van der Waals surface area contributed by atoms with E-state index in [-0.39, 0.29) is 12.3 Å². The molecule has 0 spiro atoms. The van der Waals surface area contributed by atoms with Crippen molar-refractivity contribution in [3.63, 3.8) is 0 Å². The van der Waals surface area contributed by atoms with Gasteiger partial charge in [0, 0.05) is 0 Å². The first kappa shape index (κ1) is 7.45. The van der Waals surface area contributed by atoms with Crippen LogP contribution in [0, 0.1) is 22.7 Å². The summed E-state index contributed by atoms with van der Waals surface area (Å²) in [5, 5.41) is 19.3. The fourth-order valence-electron chi connectivity index (χ4n) is 0.178. The minimum Gasteiger partial charge on any atom is -0.380 e. The summed E-state index contributed by atoms with van der Waals surface area (Å²) in [4.78, 5) is 4.34. The fourth-order valence-corrected chi connectivity index (χ4v) is 0.178. The van der Waals surface area contributed by atoms with Crippen LogP contribution in [0.1, 0.15) is 6.92 Å². The van der Waals surface area contributed by atoms with Gasteiger partial charge < -0.3 is 4.84 Å². The van der Waals surface area contributed by atoms with E-state index in [2.05, 4.69) is 9.99 Å². The number of nitrogens with zero attached hydrogens (tertiary/aromatic N) is 3.